The predicted octanol–water partition coefficient (Wildman–Crippen LogP) is 4.99. The lowest BCUT2D eigenvalue weighted by Gasteiger charge is -2.17. The predicted molar refractivity (Wildman–Crippen MR) is 127 cm³/mol. The van der Waals surface area contributed by atoms with Crippen LogP contribution < -0.4 is 10.6 Å². The van der Waals surface area contributed by atoms with Gasteiger partial charge in [0.25, 0.3) is 11.8 Å². The first-order valence-electron chi connectivity index (χ1n) is 9.51. The number of halogens is 2. The summed E-state index contributed by atoms with van der Waals surface area (Å²) in [6, 6.07) is 9.51. The highest BCUT2D eigenvalue weighted by atomic mass is 35.5. The number of nitriles is 1. The molecule has 0 spiro atoms. The van der Waals surface area contributed by atoms with Crippen molar-refractivity contribution < 1.29 is 9.59 Å². The molecule has 0 radical (unpaired) electrons. The number of pyridine rings is 1. The van der Waals surface area contributed by atoms with Gasteiger partial charge in [-0.2, -0.15) is 10.4 Å². The number of amides is 2. The lowest BCUT2D eigenvalue weighted by Crippen LogP contribution is -2.25. The molecule has 1 aromatic carbocycles. The van der Waals surface area contributed by atoms with Gasteiger partial charge in [-0.15, -0.1) is 0 Å². The van der Waals surface area contributed by atoms with Crippen LogP contribution in [0, 0.1) is 11.3 Å². The summed E-state index contributed by atoms with van der Waals surface area (Å²) in [5.74, 6) is -0.971. The summed E-state index contributed by atoms with van der Waals surface area (Å²) >= 11 is 12.3. The number of carbonyl (C=O) groups is 2. The molecule has 0 aliphatic rings. The van der Waals surface area contributed by atoms with Crippen LogP contribution in [-0.2, 0) is 0 Å². The van der Waals surface area contributed by atoms with Crippen LogP contribution in [0.4, 0.5) is 5.69 Å². The van der Waals surface area contributed by atoms with Crippen molar-refractivity contribution in [1.82, 2.24) is 20.1 Å². The first-order chi connectivity index (χ1) is 15.6. The molecule has 10 heteroatoms. The van der Waals surface area contributed by atoms with E-state index < -0.39 is 11.8 Å². The number of nitrogens with zero attached hydrogens (tertiary/aromatic N) is 4. The van der Waals surface area contributed by atoms with Gasteiger partial charge in [0, 0.05) is 23.5 Å². The zero-order chi connectivity index (χ0) is 24.3. The highest BCUT2D eigenvalue weighted by Gasteiger charge is 2.24. The first kappa shape index (κ1) is 23.7. The Morgan fingerprint density at radius 1 is 1.12 bits per heavy atom. The molecule has 2 heterocycles. The Morgan fingerprint density at radius 3 is 2.42 bits per heavy atom. The Labute approximate surface area is 200 Å². The third-order valence-electron chi connectivity index (χ3n) is 4.39. The number of aromatic nitrogens is 3. The van der Waals surface area contributed by atoms with Crippen molar-refractivity contribution in [2.45, 2.75) is 13.8 Å². The summed E-state index contributed by atoms with van der Waals surface area (Å²) in [4.78, 5) is 30.3. The van der Waals surface area contributed by atoms with Crippen molar-refractivity contribution >= 4 is 46.3 Å². The Kier molecular flexibility index (Phi) is 6.97. The van der Waals surface area contributed by atoms with Gasteiger partial charge < -0.3 is 10.6 Å². The van der Waals surface area contributed by atoms with Gasteiger partial charge in [0.05, 0.1) is 27.9 Å². The average molecular weight is 481 g/mol. The minimum Gasteiger partial charge on any atom is -0.327 e. The van der Waals surface area contributed by atoms with Crippen LogP contribution >= 0.6 is 23.2 Å². The third-order valence-corrected chi connectivity index (χ3v) is 4.87. The first-order valence-corrected chi connectivity index (χ1v) is 10.3. The fourth-order valence-corrected chi connectivity index (χ4v) is 3.38. The molecular weight excluding hydrogens is 463 g/mol. The second kappa shape index (κ2) is 9.69. The van der Waals surface area contributed by atoms with Gasteiger partial charge in [-0.05, 0) is 43.7 Å². The van der Waals surface area contributed by atoms with Gasteiger partial charge in [0.15, 0.2) is 11.0 Å². The summed E-state index contributed by atoms with van der Waals surface area (Å²) in [7, 11) is 0. The Morgan fingerprint density at radius 2 is 1.82 bits per heavy atom. The van der Waals surface area contributed by atoms with Gasteiger partial charge >= 0.3 is 0 Å². The molecule has 0 bridgehead atoms. The van der Waals surface area contributed by atoms with Crippen molar-refractivity contribution in [2.24, 2.45) is 0 Å². The molecule has 8 nitrogen and oxygen atoms in total. The van der Waals surface area contributed by atoms with Gasteiger partial charge in [-0.3, -0.25) is 9.59 Å². The summed E-state index contributed by atoms with van der Waals surface area (Å²) in [6.07, 6.45) is 1.50. The zero-order valence-electron chi connectivity index (χ0n) is 17.7. The van der Waals surface area contributed by atoms with Crippen LogP contribution in [0.2, 0.25) is 10.2 Å². The molecular formula is C23H18Cl2N6O2. The van der Waals surface area contributed by atoms with Crippen molar-refractivity contribution in [1.29, 1.82) is 5.26 Å². The Bertz CT molecular complexity index is 1350. The molecule has 0 saturated heterocycles. The van der Waals surface area contributed by atoms with E-state index in [9.17, 15) is 14.9 Å². The van der Waals surface area contributed by atoms with E-state index in [0.29, 0.717) is 16.8 Å². The molecule has 0 aliphatic heterocycles. The summed E-state index contributed by atoms with van der Waals surface area (Å²) < 4.78 is 1.21. The minimum atomic E-state index is -0.632. The Hall–Kier alpha value is -3.93. The highest BCUT2D eigenvalue weighted by molar-refractivity contribution is 6.32. The maximum Gasteiger partial charge on any atom is 0.274 e. The molecule has 2 N–H and O–H groups in total. The second-order valence-corrected chi connectivity index (χ2v) is 7.89. The number of nitrogens with one attached hydrogen (secondary N) is 2. The summed E-state index contributed by atoms with van der Waals surface area (Å²) in [5, 5.41) is 19.1. The molecule has 3 rings (SSSR count). The lowest BCUT2D eigenvalue weighted by molar-refractivity contribution is 0.0967. The minimum absolute atomic E-state index is 0.0314. The van der Waals surface area contributed by atoms with E-state index in [1.807, 2.05) is 6.07 Å². The molecule has 33 heavy (non-hydrogen) atoms. The number of anilines is 1. The largest absolute Gasteiger partial charge is 0.327 e. The van der Waals surface area contributed by atoms with Crippen LogP contribution in [0.1, 0.15) is 45.8 Å². The number of carbonyl (C=O) groups excluding carboxylic acids is 2. The summed E-state index contributed by atoms with van der Waals surface area (Å²) in [5.41, 5.74) is 1.84. The van der Waals surface area contributed by atoms with Gasteiger partial charge in [-0.25, -0.2) is 9.67 Å². The topological polar surface area (TPSA) is 113 Å². The molecule has 0 unspecified atom stereocenters. The standard InChI is InChI=1S/C23H18Cl2N6O2/c1-12(2)15-8-14(11-26)9-16(22(32)28-13(3)4)20(15)29-23(33)18-10-19(25)30-31(18)21-17(24)6-5-7-27-21/h5-10H,1,3H2,2,4H3,(H,28,32)(H,29,33). The molecule has 0 aliphatic carbocycles. The van der Waals surface area contributed by atoms with E-state index in [1.165, 1.54) is 29.1 Å². The van der Waals surface area contributed by atoms with Crippen molar-refractivity contribution in [3.63, 3.8) is 0 Å². The molecule has 2 amide bonds. The van der Waals surface area contributed by atoms with Crippen LogP contribution in [0.25, 0.3) is 11.4 Å². The van der Waals surface area contributed by atoms with Crippen molar-refractivity contribution in [2.75, 3.05) is 5.32 Å². The van der Waals surface area contributed by atoms with Crippen LogP contribution in [0.15, 0.2) is 55.4 Å². The molecule has 0 atom stereocenters. The van der Waals surface area contributed by atoms with E-state index in [-0.39, 0.29) is 38.5 Å². The van der Waals surface area contributed by atoms with Crippen molar-refractivity contribution in [3.05, 3.63) is 87.9 Å². The zero-order valence-corrected chi connectivity index (χ0v) is 19.3. The van der Waals surface area contributed by atoms with Crippen LogP contribution in [0.3, 0.4) is 0 Å². The number of hydrogen-bond acceptors (Lipinski definition) is 5. The SMILES string of the molecule is C=C(C)NC(=O)c1cc(C#N)cc(C(=C)C)c1NC(=O)c1cc(Cl)nn1-c1ncccc1Cl. The molecule has 3 aromatic rings. The van der Waals surface area contributed by atoms with Gasteiger partial charge in [0.2, 0.25) is 0 Å². The number of allylic oxidation sites excluding steroid dienone is 2. The highest BCUT2D eigenvalue weighted by Crippen LogP contribution is 2.30. The fraction of sp³-hybridized carbons (Fsp3) is 0.0870. The second-order valence-electron chi connectivity index (χ2n) is 7.10. The number of rotatable bonds is 6. The molecule has 2 aromatic heterocycles. The maximum atomic E-state index is 13.3. The number of benzene rings is 1. The van der Waals surface area contributed by atoms with Crippen molar-refractivity contribution in [3.8, 4) is 11.9 Å². The monoisotopic (exact) mass is 480 g/mol. The smallest absolute Gasteiger partial charge is 0.274 e. The molecule has 0 saturated carbocycles. The molecule has 166 valence electrons. The van der Waals surface area contributed by atoms with E-state index in [2.05, 4.69) is 33.9 Å². The van der Waals surface area contributed by atoms with E-state index >= 15 is 0 Å². The van der Waals surface area contributed by atoms with Gasteiger partial charge in [-0.1, -0.05) is 36.4 Å². The summed E-state index contributed by atoms with van der Waals surface area (Å²) in [6.45, 7) is 10.9. The fourth-order valence-electron chi connectivity index (χ4n) is 3.00. The van der Waals surface area contributed by atoms with E-state index in [1.54, 1.807) is 26.0 Å². The van der Waals surface area contributed by atoms with Gasteiger partial charge in [0.1, 0.15) is 5.69 Å². The number of hydrogen-bond donors (Lipinski definition) is 2. The van der Waals surface area contributed by atoms with Crippen LogP contribution in [-0.4, -0.2) is 26.6 Å². The quantitative estimate of drug-likeness (QED) is 0.515. The average Bonchev–Trinajstić information content (AvgIpc) is 3.14. The third kappa shape index (κ3) is 5.12. The van der Waals surface area contributed by atoms with E-state index in [0.717, 1.165) is 0 Å². The Balaban J connectivity index is 2.14. The van der Waals surface area contributed by atoms with E-state index in [4.69, 9.17) is 23.2 Å². The normalized spacial score (nSPS) is 10.3. The molecule has 0 fully saturated rings. The maximum absolute atomic E-state index is 13.3. The van der Waals surface area contributed by atoms with Crippen LogP contribution in [0.5, 0.6) is 0 Å². The lowest BCUT2D eigenvalue weighted by atomic mass is 9.97.